The van der Waals surface area contributed by atoms with E-state index < -0.39 is 11.2 Å². The molecule has 0 aliphatic carbocycles. The first kappa shape index (κ1) is 10.3. The zero-order chi connectivity index (χ0) is 10.4. The van der Waals surface area contributed by atoms with Crippen LogP contribution < -0.4 is 16.6 Å². The van der Waals surface area contributed by atoms with Crippen molar-refractivity contribution in [1.29, 1.82) is 0 Å². The van der Waals surface area contributed by atoms with Gasteiger partial charge in [0.2, 0.25) is 0 Å². The van der Waals surface area contributed by atoms with E-state index in [-0.39, 0.29) is 5.56 Å². The van der Waals surface area contributed by atoms with Crippen molar-refractivity contribution in [2.24, 2.45) is 0 Å². The van der Waals surface area contributed by atoms with Gasteiger partial charge in [-0.3, -0.25) is 9.78 Å². The van der Waals surface area contributed by atoms with Gasteiger partial charge in [-0.25, -0.2) is 4.79 Å². The maximum Gasteiger partial charge on any atom is 0.325 e. The van der Waals surface area contributed by atoms with Crippen LogP contribution in [-0.2, 0) is 0 Å². The second kappa shape index (κ2) is 5.04. The van der Waals surface area contributed by atoms with Crippen molar-refractivity contribution in [1.82, 2.24) is 15.3 Å². The Kier molecular flexibility index (Phi) is 3.70. The lowest BCUT2D eigenvalue weighted by Gasteiger charge is -1.88. The van der Waals surface area contributed by atoms with Crippen molar-refractivity contribution in [3.63, 3.8) is 0 Å². The molecule has 0 fully saturated rings. The van der Waals surface area contributed by atoms with Crippen LogP contribution in [0.5, 0.6) is 0 Å². The van der Waals surface area contributed by atoms with E-state index in [0.29, 0.717) is 6.42 Å². The Hall–Kier alpha value is -1.80. The third kappa shape index (κ3) is 2.92. The van der Waals surface area contributed by atoms with Crippen molar-refractivity contribution in [2.75, 3.05) is 13.6 Å². The summed E-state index contributed by atoms with van der Waals surface area (Å²) in [4.78, 5) is 26.2. The van der Waals surface area contributed by atoms with Crippen LogP contribution in [0, 0.1) is 11.8 Å². The molecule has 5 heteroatoms. The SMILES string of the molecule is CNCCC#Cc1c[nH]c(=O)[nH]c1=O. The summed E-state index contributed by atoms with van der Waals surface area (Å²) in [7, 11) is 1.83. The van der Waals surface area contributed by atoms with Crippen molar-refractivity contribution in [3.8, 4) is 11.8 Å². The first-order valence-corrected chi connectivity index (χ1v) is 4.19. The van der Waals surface area contributed by atoms with Gasteiger partial charge in [-0.15, -0.1) is 0 Å². The predicted molar refractivity (Wildman–Crippen MR) is 53.1 cm³/mol. The number of hydrogen-bond donors (Lipinski definition) is 3. The van der Waals surface area contributed by atoms with Gasteiger partial charge in [0.15, 0.2) is 0 Å². The Bertz CT molecular complexity index is 461. The fourth-order valence-electron chi connectivity index (χ4n) is 0.848. The summed E-state index contributed by atoms with van der Waals surface area (Å²) in [6, 6.07) is 0. The highest BCUT2D eigenvalue weighted by Gasteiger charge is 1.93. The molecule has 0 spiro atoms. The van der Waals surface area contributed by atoms with Crippen LogP contribution in [0.4, 0.5) is 0 Å². The predicted octanol–water partition coefficient (Wildman–Crippen LogP) is -0.976. The van der Waals surface area contributed by atoms with E-state index in [2.05, 4.69) is 27.1 Å². The largest absolute Gasteiger partial charge is 0.325 e. The van der Waals surface area contributed by atoms with Crippen molar-refractivity contribution in [2.45, 2.75) is 6.42 Å². The molecule has 3 N–H and O–H groups in total. The molecule has 74 valence electrons. The molecule has 1 aromatic rings. The minimum atomic E-state index is -0.518. The molecule has 1 rings (SSSR count). The van der Waals surface area contributed by atoms with Gasteiger partial charge in [0.05, 0.1) is 0 Å². The smallest absolute Gasteiger partial charge is 0.319 e. The summed E-state index contributed by atoms with van der Waals surface area (Å²) >= 11 is 0. The van der Waals surface area contributed by atoms with Gasteiger partial charge in [-0.2, -0.15) is 0 Å². The highest BCUT2D eigenvalue weighted by atomic mass is 16.2. The second-order valence-electron chi connectivity index (χ2n) is 2.64. The average molecular weight is 193 g/mol. The molecule has 0 saturated carbocycles. The van der Waals surface area contributed by atoms with Crippen molar-refractivity contribution in [3.05, 3.63) is 32.6 Å². The van der Waals surface area contributed by atoms with Crippen LogP contribution >= 0.6 is 0 Å². The molecule has 0 aliphatic heterocycles. The van der Waals surface area contributed by atoms with Crippen molar-refractivity contribution >= 4 is 0 Å². The molecule has 0 radical (unpaired) electrons. The lowest BCUT2D eigenvalue weighted by Crippen LogP contribution is -2.23. The van der Waals surface area contributed by atoms with Gasteiger partial charge in [0.1, 0.15) is 5.56 Å². The zero-order valence-electron chi connectivity index (χ0n) is 7.81. The van der Waals surface area contributed by atoms with Gasteiger partial charge in [0, 0.05) is 19.2 Å². The Morgan fingerprint density at radius 2 is 2.29 bits per heavy atom. The summed E-state index contributed by atoms with van der Waals surface area (Å²) in [5, 5.41) is 2.93. The van der Waals surface area contributed by atoms with Gasteiger partial charge < -0.3 is 10.3 Å². The molecule has 5 nitrogen and oxygen atoms in total. The summed E-state index contributed by atoms with van der Waals surface area (Å²) < 4.78 is 0. The summed E-state index contributed by atoms with van der Waals surface area (Å²) in [5.74, 6) is 5.48. The summed E-state index contributed by atoms with van der Waals surface area (Å²) in [6.45, 7) is 0.772. The van der Waals surface area contributed by atoms with Crippen LogP contribution in [0.3, 0.4) is 0 Å². The molecule has 0 aromatic carbocycles. The van der Waals surface area contributed by atoms with Crippen LogP contribution in [-0.4, -0.2) is 23.6 Å². The third-order valence-electron chi connectivity index (χ3n) is 1.54. The maximum atomic E-state index is 11.1. The van der Waals surface area contributed by atoms with Crippen LogP contribution in [0.25, 0.3) is 0 Å². The molecule has 0 bridgehead atoms. The minimum absolute atomic E-state index is 0.278. The Labute approximate surface area is 80.6 Å². The van der Waals surface area contributed by atoms with E-state index in [4.69, 9.17) is 0 Å². The van der Waals surface area contributed by atoms with Gasteiger partial charge in [-0.1, -0.05) is 11.8 Å². The van der Waals surface area contributed by atoms with Gasteiger partial charge in [0.25, 0.3) is 5.56 Å². The second-order valence-corrected chi connectivity index (χ2v) is 2.64. The highest BCUT2D eigenvalue weighted by Crippen LogP contribution is 1.80. The standard InChI is InChI=1S/C9H11N3O2/c1-10-5-3-2-4-7-6-11-9(14)12-8(7)13/h6,10H,3,5H2,1H3,(H2,11,12,13,14). The lowest BCUT2D eigenvalue weighted by atomic mass is 10.3. The Morgan fingerprint density at radius 1 is 1.50 bits per heavy atom. The number of nitrogens with one attached hydrogen (secondary N) is 3. The first-order chi connectivity index (χ1) is 6.74. The molecule has 1 aromatic heterocycles. The molecule has 0 amide bonds. The van der Waals surface area contributed by atoms with E-state index in [1.807, 2.05) is 7.05 Å². The quantitative estimate of drug-likeness (QED) is 0.417. The fraction of sp³-hybridized carbons (Fsp3) is 0.333. The molecule has 0 aliphatic rings. The number of H-pyrrole nitrogens is 2. The van der Waals surface area contributed by atoms with E-state index in [9.17, 15) is 9.59 Å². The molecule has 0 saturated heterocycles. The van der Waals surface area contributed by atoms with Crippen LogP contribution in [0.2, 0.25) is 0 Å². The third-order valence-corrected chi connectivity index (χ3v) is 1.54. The van der Waals surface area contributed by atoms with Gasteiger partial charge >= 0.3 is 5.69 Å². The average Bonchev–Trinajstić information content (AvgIpc) is 2.15. The molecular weight excluding hydrogens is 182 g/mol. The number of aromatic nitrogens is 2. The van der Waals surface area contributed by atoms with Crippen molar-refractivity contribution < 1.29 is 0 Å². The molecule has 14 heavy (non-hydrogen) atoms. The zero-order valence-corrected chi connectivity index (χ0v) is 7.81. The Morgan fingerprint density at radius 3 is 2.93 bits per heavy atom. The first-order valence-electron chi connectivity index (χ1n) is 4.19. The summed E-state index contributed by atoms with van der Waals surface area (Å²) in [5.41, 5.74) is -0.692. The molecule has 0 atom stereocenters. The molecular formula is C9H11N3O2. The molecule has 0 unspecified atom stereocenters. The van der Waals surface area contributed by atoms with E-state index >= 15 is 0 Å². The monoisotopic (exact) mass is 193 g/mol. The van der Waals surface area contributed by atoms with Crippen LogP contribution in [0.1, 0.15) is 12.0 Å². The van der Waals surface area contributed by atoms with E-state index in [1.54, 1.807) is 0 Å². The summed E-state index contributed by atoms with van der Waals surface area (Å²) in [6.07, 6.45) is 1.97. The number of rotatable bonds is 2. The minimum Gasteiger partial charge on any atom is -0.319 e. The topological polar surface area (TPSA) is 77.8 Å². The number of aromatic amines is 2. The Balaban J connectivity index is 2.80. The fourth-order valence-corrected chi connectivity index (χ4v) is 0.848. The normalized spacial score (nSPS) is 9.21. The van der Waals surface area contributed by atoms with E-state index in [1.165, 1.54) is 6.20 Å². The molecule has 1 heterocycles. The maximum absolute atomic E-state index is 11.1. The highest BCUT2D eigenvalue weighted by molar-refractivity contribution is 5.28. The lowest BCUT2D eigenvalue weighted by molar-refractivity contribution is 0.818. The number of hydrogen-bond acceptors (Lipinski definition) is 3. The van der Waals surface area contributed by atoms with Crippen LogP contribution in [0.15, 0.2) is 15.8 Å². The van der Waals surface area contributed by atoms with E-state index in [0.717, 1.165) is 6.54 Å². The van der Waals surface area contributed by atoms with Gasteiger partial charge in [-0.05, 0) is 7.05 Å².